The Hall–Kier alpha value is -1.83. The van der Waals surface area contributed by atoms with Crippen LogP contribution in [0, 0.1) is 11.6 Å². The first-order valence-electron chi connectivity index (χ1n) is 8.57. The molecule has 1 atom stereocenters. The van der Waals surface area contributed by atoms with E-state index in [-0.39, 0.29) is 23.0 Å². The Bertz CT molecular complexity index is 835. The van der Waals surface area contributed by atoms with E-state index in [9.17, 15) is 17.2 Å². The van der Waals surface area contributed by atoms with Crippen molar-refractivity contribution in [2.24, 2.45) is 0 Å². The van der Waals surface area contributed by atoms with Gasteiger partial charge in [0.1, 0.15) is 0 Å². The molecule has 2 aromatic carbocycles. The Labute approximate surface area is 153 Å². The lowest BCUT2D eigenvalue weighted by molar-refractivity contribution is 0.445. The van der Waals surface area contributed by atoms with E-state index in [1.807, 2.05) is 6.92 Å². The highest BCUT2D eigenvalue weighted by atomic mass is 32.2. The standard InChI is InChI=1S/C19H24F2N2O2S/c1-4-23(5-2)26(24,25)17-11-9-15(10-12-17)14(3)22-13-16-7-6-8-18(20)19(16)21/h6-12,14,22H,4-5,13H2,1-3H3. The third kappa shape index (κ3) is 4.47. The van der Waals surface area contributed by atoms with Gasteiger partial charge >= 0.3 is 0 Å². The molecule has 0 spiro atoms. The number of nitrogens with zero attached hydrogens (tertiary/aromatic N) is 1. The van der Waals surface area contributed by atoms with Crippen LogP contribution in [0.4, 0.5) is 8.78 Å². The fourth-order valence-corrected chi connectivity index (χ4v) is 4.16. The monoisotopic (exact) mass is 382 g/mol. The van der Waals surface area contributed by atoms with E-state index in [1.54, 1.807) is 38.1 Å². The summed E-state index contributed by atoms with van der Waals surface area (Å²) in [4.78, 5) is 0.244. The van der Waals surface area contributed by atoms with Gasteiger partial charge < -0.3 is 5.32 Å². The van der Waals surface area contributed by atoms with Gasteiger partial charge in [-0.2, -0.15) is 4.31 Å². The molecular formula is C19H24F2N2O2S. The van der Waals surface area contributed by atoms with Crippen LogP contribution in [0.2, 0.25) is 0 Å². The van der Waals surface area contributed by atoms with Crippen LogP contribution in [-0.2, 0) is 16.6 Å². The van der Waals surface area contributed by atoms with E-state index < -0.39 is 21.7 Å². The van der Waals surface area contributed by atoms with Crippen molar-refractivity contribution < 1.29 is 17.2 Å². The highest BCUT2D eigenvalue weighted by Crippen LogP contribution is 2.20. The molecular weight excluding hydrogens is 358 g/mol. The Morgan fingerprint density at radius 3 is 2.23 bits per heavy atom. The highest BCUT2D eigenvalue weighted by molar-refractivity contribution is 7.89. The van der Waals surface area contributed by atoms with Gasteiger partial charge in [-0.05, 0) is 30.7 Å². The van der Waals surface area contributed by atoms with E-state index >= 15 is 0 Å². The minimum Gasteiger partial charge on any atom is -0.306 e. The number of sulfonamides is 1. The summed E-state index contributed by atoms with van der Waals surface area (Å²) in [5.41, 5.74) is 1.11. The van der Waals surface area contributed by atoms with Crippen LogP contribution in [0.5, 0.6) is 0 Å². The molecule has 0 saturated carbocycles. The molecule has 26 heavy (non-hydrogen) atoms. The summed E-state index contributed by atoms with van der Waals surface area (Å²) < 4.78 is 53.3. The van der Waals surface area contributed by atoms with Crippen molar-refractivity contribution in [1.29, 1.82) is 0 Å². The lowest BCUT2D eigenvalue weighted by Gasteiger charge is -2.19. The molecule has 0 aromatic heterocycles. The lowest BCUT2D eigenvalue weighted by atomic mass is 10.1. The fraction of sp³-hybridized carbons (Fsp3) is 0.368. The largest absolute Gasteiger partial charge is 0.306 e. The van der Waals surface area contributed by atoms with Gasteiger partial charge in [0.2, 0.25) is 10.0 Å². The molecule has 2 rings (SSSR count). The van der Waals surface area contributed by atoms with E-state index in [4.69, 9.17) is 0 Å². The van der Waals surface area contributed by atoms with Crippen LogP contribution >= 0.6 is 0 Å². The van der Waals surface area contributed by atoms with Crippen molar-refractivity contribution in [3.8, 4) is 0 Å². The molecule has 0 aliphatic carbocycles. The van der Waals surface area contributed by atoms with Crippen LogP contribution in [0.15, 0.2) is 47.4 Å². The van der Waals surface area contributed by atoms with Crippen molar-refractivity contribution in [2.75, 3.05) is 13.1 Å². The number of rotatable bonds is 8. The zero-order valence-electron chi connectivity index (χ0n) is 15.2. The highest BCUT2D eigenvalue weighted by Gasteiger charge is 2.21. The molecule has 4 nitrogen and oxygen atoms in total. The van der Waals surface area contributed by atoms with Crippen molar-refractivity contribution in [1.82, 2.24) is 9.62 Å². The first kappa shape index (κ1) is 20.5. The average Bonchev–Trinajstić information content (AvgIpc) is 2.63. The number of hydrogen-bond donors (Lipinski definition) is 1. The summed E-state index contributed by atoms with van der Waals surface area (Å²) in [7, 11) is -3.49. The number of hydrogen-bond acceptors (Lipinski definition) is 3. The van der Waals surface area contributed by atoms with Crippen molar-refractivity contribution in [2.45, 2.75) is 38.3 Å². The van der Waals surface area contributed by atoms with Crippen LogP contribution in [0.25, 0.3) is 0 Å². The van der Waals surface area contributed by atoms with Gasteiger partial charge in [-0.25, -0.2) is 17.2 Å². The van der Waals surface area contributed by atoms with Gasteiger partial charge in [0, 0.05) is 31.2 Å². The van der Waals surface area contributed by atoms with Crippen LogP contribution in [-0.4, -0.2) is 25.8 Å². The maximum absolute atomic E-state index is 13.7. The van der Waals surface area contributed by atoms with E-state index in [0.29, 0.717) is 13.1 Å². The van der Waals surface area contributed by atoms with Crippen molar-refractivity contribution in [3.05, 3.63) is 65.2 Å². The second-order valence-corrected chi connectivity index (χ2v) is 7.91. The third-order valence-corrected chi connectivity index (χ3v) is 6.42. The van der Waals surface area contributed by atoms with Gasteiger partial charge in [-0.3, -0.25) is 0 Å². The molecule has 142 valence electrons. The summed E-state index contributed by atoms with van der Waals surface area (Å²) in [6.45, 7) is 6.48. The summed E-state index contributed by atoms with van der Waals surface area (Å²) in [5.74, 6) is -1.73. The van der Waals surface area contributed by atoms with Gasteiger partial charge in [-0.15, -0.1) is 0 Å². The Morgan fingerprint density at radius 2 is 1.65 bits per heavy atom. The van der Waals surface area contributed by atoms with Crippen molar-refractivity contribution >= 4 is 10.0 Å². The minimum atomic E-state index is -3.49. The smallest absolute Gasteiger partial charge is 0.243 e. The first-order chi connectivity index (χ1) is 12.3. The van der Waals surface area contributed by atoms with Crippen molar-refractivity contribution in [3.63, 3.8) is 0 Å². The summed E-state index contributed by atoms with van der Waals surface area (Å²) in [5, 5.41) is 3.12. The molecule has 0 heterocycles. The molecule has 1 N–H and O–H groups in total. The molecule has 0 aliphatic heterocycles. The third-order valence-electron chi connectivity index (χ3n) is 4.35. The summed E-state index contributed by atoms with van der Waals surface area (Å²) in [6.07, 6.45) is 0. The zero-order chi connectivity index (χ0) is 19.3. The molecule has 0 saturated heterocycles. The predicted octanol–water partition coefficient (Wildman–Crippen LogP) is 3.85. The van der Waals surface area contributed by atoms with Crippen LogP contribution in [0.3, 0.4) is 0 Å². The van der Waals surface area contributed by atoms with Crippen LogP contribution < -0.4 is 5.32 Å². The molecule has 0 bridgehead atoms. The fourth-order valence-electron chi connectivity index (χ4n) is 2.71. The molecule has 0 fully saturated rings. The molecule has 0 radical (unpaired) electrons. The maximum atomic E-state index is 13.7. The molecule has 7 heteroatoms. The second-order valence-electron chi connectivity index (χ2n) is 5.97. The average molecular weight is 382 g/mol. The Kier molecular flexibility index (Phi) is 6.86. The molecule has 0 amide bonds. The van der Waals surface area contributed by atoms with Gasteiger partial charge in [0.15, 0.2) is 11.6 Å². The Balaban J connectivity index is 2.09. The second kappa shape index (κ2) is 8.70. The number of halogens is 2. The van der Waals surface area contributed by atoms with E-state index in [1.165, 1.54) is 16.4 Å². The lowest BCUT2D eigenvalue weighted by Crippen LogP contribution is -2.30. The predicted molar refractivity (Wildman–Crippen MR) is 98.2 cm³/mol. The number of nitrogens with one attached hydrogen (secondary N) is 1. The Morgan fingerprint density at radius 1 is 1.04 bits per heavy atom. The van der Waals surface area contributed by atoms with E-state index in [0.717, 1.165) is 11.6 Å². The normalized spacial score (nSPS) is 13.2. The zero-order valence-corrected chi connectivity index (χ0v) is 16.0. The van der Waals surface area contributed by atoms with Gasteiger partial charge in [-0.1, -0.05) is 38.1 Å². The van der Waals surface area contributed by atoms with Crippen LogP contribution in [0.1, 0.15) is 37.9 Å². The van der Waals surface area contributed by atoms with Gasteiger partial charge in [0.05, 0.1) is 4.90 Å². The SMILES string of the molecule is CCN(CC)S(=O)(=O)c1ccc(C(C)NCc2cccc(F)c2F)cc1. The topological polar surface area (TPSA) is 49.4 Å². The first-order valence-corrected chi connectivity index (χ1v) is 10.0. The minimum absolute atomic E-state index is 0.150. The number of benzene rings is 2. The maximum Gasteiger partial charge on any atom is 0.243 e. The van der Waals surface area contributed by atoms with Gasteiger partial charge in [0.25, 0.3) is 0 Å². The molecule has 1 unspecified atom stereocenters. The summed E-state index contributed by atoms with van der Waals surface area (Å²) >= 11 is 0. The molecule has 0 aliphatic rings. The summed E-state index contributed by atoms with van der Waals surface area (Å²) in [6, 6.07) is 10.5. The quantitative estimate of drug-likeness (QED) is 0.755. The molecule has 2 aromatic rings. The van der Waals surface area contributed by atoms with E-state index in [2.05, 4.69) is 5.32 Å².